The second-order valence-electron chi connectivity index (χ2n) is 7.42. The molecule has 0 aromatic heterocycles. The molecule has 1 atom stereocenters. The van der Waals surface area contributed by atoms with Gasteiger partial charge in [-0.25, -0.2) is 17.9 Å². The molecule has 0 aliphatic rings. The molecule has 2 aromatic rings. The molecule has 0 saturated carbocycles. The first-order valence-electron chi connectivity index (χ1n) is 10.7. The van der Waals surface area contributed by atoms with Gasteiger partial charge in [0.25, 0.3) is 10.0 Å². The van der Waals surface area contributed by atoms with Crippen molar-refractivity contribution in [1.29, 1.82) is 0 Å². The van der Waals surface area contributed by atoms with Gasteiger partial charge in [0.05, 0.1) is 4.90 Å². The molecule has 9 heteroatoms. The SMILES string of the molecule is CCN(CC)CCN(C)C(=O)C(Cc1ccccc1)NC(=O)NS(=O)(=O)c1ccccc1. The molecule has 2 rings (SSSR count). The number of amides is 3. The summed E-state index contributed by atoms with van der Waals surface area (Å²) >= 11 is 0. The fraction of sp³-hybridized carbons (Fsp3) is 0.391. The third-order valence-corrected chi connectivity index (χ3v) is 6.54. The zero-order chi connectivity index (χ0) is 23.6. The van der Waals surface area contributed by atoms with Gasteiger partial charge in [-0.3, -0.25) is 4.79 Å². The number of sulfonamides is 1. The maximum Gasteiger partial charge on any atom is 0.329 e. The van der Waals surface area contributed by atoms with Crippen molar-refractivity contribution in [3.63, 3.8) is 0 Å². The minimum atomic E-state index is -4.05. The molecule has 32 heavy (non-hydrogen) atoms. The Kier molecular flexibility index (Phi) is 9.67. The average molecular weight is 461 g/mol. The summed E-state index contributed by atoms with van der Waals surface area (Å²) in [6.45, 7) is 7.08. The molecule has 2 N–H and O–H groups in total. The van der Waals surface area contributed by atoms with Gasteiger partial charge in [-0.05, 0) is 30.8 Å². The van der Waals surface area contributed by atoms with E-state index in [-0.39, 0.29) is 17.2 Å². The molecule has 0 radical (unpaired) electrons. The number of nitrogens with one attached hydrogen (secondary N) is 2. The number of benzene rings is 2. The van der Waals surface area contributed by atoms with Crippen LogP contribution in [0.25, 0.3) is 0 Å². The molecule has 174 valence electrons. The van der Waals surface area contributed by atoms with Crippen molar-refractivity contribution in [2.24, 2.45) is 0 Å². The van der Waals surface area contributed by atoms with Crippen molar-refractivity contribution in [2.75, 3.05) is 33.2 Å². The lowest BCUT2D eigenvalue weighted by atomic mass is 10.0. The van der Waals surface area contributed by atoms with Gasteiger partial charge in [0.2, 0.25) is 5.91 Å². The summed E-state index contributed by atoms with van der Waals surface area (Å²) in [5, 5.41) is 2.55. The third-order valence-electron chi connectivity index (χ3n) is 5.19. The lowest BCUT2D eigenvalue weighted by Crippen LogP contribution is -2.53. The number of hydrogen-bond donors (Lipinski definition) is 2. The Labute approximate surface area is 190 Å². The zero-order valence-electron chi connectivity index (χ0n) is 18.8. The average Bonchev–Trinajstić information content (AvgIpc) is 2.79. The van der Waals surface area contributed by atoms with Crippen molar-refractivity contribution in [3.05, 3.63) is 66.2 Å². The molecule has 0 bridgehead atoms. The van der Waals surface area contributed by atoms with E-state index in [9.17, 15) is 18.0 Å². The molecule has 2 aromatic carbocycles. The van der Waals surface area contributed by atoms with Crippen LogP contribution in [0.1, 0.15) is 19.4 Å². The quantitative estimate of drug-likeness (QED) is 0.535. The van der Waals surface area contributed by atoms with Gasteiger partial charge in [-0.2, -0.15) is 0 Å². The minimum absolute atomic E-state index is 0.0302. The van der Waals surface area contributed by atoms with Gasteiger partial charge in [-0.15, -0.1) is 0 Å². The number of urea groups is 1. The van der Waals surface area contributed by atoms with Gasteiger partial charge in [-0.1, -0.05) is 62.4 Å². The summed E-state index contributed by atoms with van der Waals surface area (Å²) < 4.78 is 26.9. The molecular formula is C23H32N4O4S. The largest absolute Gasteiger partial charge is 0.343 e. The first-order chi connectivity index (χ1) is 15.3. The summed E-state index contributed by atoms with van der Waals surface area (Å²) in [7, 11) is -2.36. The van der Waals surface area contributed by atoms with Crippen LogP contribution in [-0.4, -0.2) is 69.4 Å². The van der Waals surface area contributed by atoms with Gasteiger partial charge in [0.1, 0.15) is 6.04 Å². The molecule has 0 aliphatic carbocycles. The number of nitrogens with zero attached hydrogens (tertiary/aromatic N) is 2. The number of hydrogen-bond acceptors (Lipinski definition) is 5. The summed E-state index contributed by atoms with van der Waals surface area (Å²) in [5.41, 5.74) is 0.856. The Morgan fingerprint density at radius 2 is 1.47 bits per heavy atom. The second-order valence-corrected chi connectivity index (χ2v) is 9.10. The van der Waals surface area contributed by atoms with Crippen LogP contribution >= 0.6 is 0 Å². The first-order valence-corrected chi connectivity index (χ1v) is 12.1. The van der Waals surface area contributed by atoms with Crippen molar-refractivity contribution in [1.82, 2.24) is 19.8 Å². The predicted molar refractivity (Wildman–Crippen MR) is 125 cm³/mol. The molecule has 8 nitrogen and oxygen atoms in total. The van der Waals surface area contributed by atoms with Crippen LogP contribution in [0.15, 0.2) is 65.6 Å². The zero-order valence-corrected chi connectivity index (χ0v) is 19.6. The molecular weight excluding hydrogens is 428 g/mol. The van der Waals surface area contributed by atoms with Gasteiger partial charge >= 0.3 is 6.03 Å². The van der Waals surface area contributed by atoms with Gasteiger partial charge < -0.3 is 15.1 Å². The van der Waals surface area contributed by atoms with E-state index in [0.717, 1.165) is 18.7 Å². The highest BCUT2D eigenvalue weighted by atomic mass is 32.2. The second kappa shape index (κ2) is 12.2. The Morgan fingerprint density at radius 3 is 2.03 bits per heavy atom. The van der Waals surface area contributed by atoms with Crippen LogP contribution in [0, 0.1) is 0 Å². The van der Waals surface area contributed by atoms with E-state index in [0.29, 0.717) is 13.1 Å². The van der Waals surface area contributed by atoms with Crippen molar-refractivity contribution >= 4 is 22.0 Å². The maximum atomic E-state index is 13.1. The lowest BCUT2D eigenvalue weighted by molar-refractivity contribution is -0.132. The molecule has 0 saturated heterocycles. The fourth-order valence-electron chi connectivity index (χ4n) is 3.23. The van der Waals surface area contributed by atoms with Crippen LogP contribution in [0.5, 0.6) is 0 Å². The normalized spacial score (nSPS) is 12.2. The summed E-state index contributed by atoms with van der Waals surface area (Å²) in [4.78, 5) is 29.4. The Hall–Kier alpha value is -2.91. The summed E-state index contributed by atoms with van der Waals surface area (Å²) in [6, 6.07) is 15.0. The standard InChI is InChI=1S/C23H32N4O4S/c1-4-27(5-2)17-16-26(3)22(28)21(18-19-12-8-6-9-13-19)24-23(29)25-32(30,31)20-14-10-7-11-15-20/h6-15,21H,4-5,16-18H2,1-3H3,(H2,24,25,29). The van der Waals surface area contributed by atoms with Crippen LogP contribution in [0.4, 0.5) is 4.79 Å². The number of rotatable bonds is 11. The number of carbonyl (C=O) groups excluding carboxylic acids is 2. The van der Waals surface area contributed by atoms with Crippen LogP contribution in [0.2, 0.25) is 0 Å². The molecule has 0 heterocycles. The lowest BCUT2D eigenvalue weighted by Gasteiger charge is -2.27. The van der Waals surface area contributed by atoms with E-state index < -0.39 is 22.1 Å². The van der Waals surface area contributed by atoms with Gasteiger partial charge in [0.15, 0.2) is 0 Å². The van der Waals surface area contributed by atoms with E-state index >= 15 is 0 Å². The van der Waals surface area contributed by atoms with E-state index in [1.165, 1.54) is 12.1 Å². The topological polar surface area (TPSA) is 98.8 Å². The monoisotopic (exact) mass is 460 g/mol. The molecule has 0 aliphatic heterocycles. The highest BCUT2D eigenvalue weighted by Gasteiger charge is 2.26. The van der Waals surface area contributed by atoms with Crippen molar-refractivity contribution in [2.45, 2.75) is 31.2 Å². The third kappa shape index (κ3) is 7.65. The molecule has 0 fully saturated rings. The Bertz CT molecular complexity index is 964. The first kappa shape index (κ1) is 25.4. The molecule has 0 spiro atoms. The predicted octanol–water partition coefficient (Wildman–Crippen LogP) is 2.09. The van der Waals surface area contributed by atoms with Gasteiger partial charge in [0, 0.05) is 26.6 Å². The van der Waals surface area contributed by atoms with Crippen LogP contribution < -0.4 is 10.0 Å². The summed E-state index contributed by atoms with van der Waals surface area (Å²) in [6.07, 6.45) is 0.244. The van der Waals surface area contributed by atoms with Crippen molar-refractivity contribution in [3.8, 4) is 0 Å². The fourth-order valence-corrected chi connectivity index (χ4v) is 4.16. The van der Waals surface area contributed by atoms with Crippen LogP contribution in [-0.2, 0) is 21.2 Å². The smallest absolute Gasteiger partial charge is 0.329 e. The summed E-state index contributed by atoms with van der Waals surface area (Å²) in [5.74, 6) is -0.284. The molecule has 1 unspecified atom stereocenters. The highest BCUT2D eigenvalue weighted by molar-refractivity contribution is 7.90. The Morgan fingerprint density at radius 1 is 0.906 bits per heavy atom. The van der Waals surface area contributed by atoms with E-state index in [1.807, 2.05) is 35.1 Å². The number of carbonyl (C=O) groups is 2. The van der Waals surface area contributed by atoms with E-state index in [1.54, 1.807) is 30.1 Å². The minimum Gasteiger partial charge on any atom is -0.343 e. The van der Waals surface area contributed by atoms with E-state index in [4.69, 9.17) is 0 Å². The number of likely N-dealkylation sites (N-methyl/N-ethyl adjacent to an activating group) is 2. The Balaban J connectivity index is 2.12. The maximum absolute atomic E-state index is 13.1. The van der Waals surface area contributed by atoms with E-state index in [2.05, 4.69) is 24.1 Å². The van der Waals surface area contributed by atoms with Crippen molar-refractivity contribution < 1.29 is 18.0 Å². The van der Waals surface area contributed by atoms with Crippen LogP contribution in [0.3, 0.4) is 0 Å². The molecule has 3 amide bonds. The highest BCUT2D eigenvalue weighted by Crippen LogP contribution is 2.09.